The standard InChI is InChI=1S/C35H43ClFN5Si/c1-22(2)43(23(3)4,24(5)6)19-16-26-13-9-12-25-14-10-15-27(29(25)26)31-30(37)32-28(20-38-31)33(41-34(36)40-32)39-21-35(42(7)8)17-11-18-35/h9-10,12-15,20,22-24H,11,17-18,21H2,1-8H3,(H,39,40,41). The fourth-order valence-corrected chi connectivity index (χ4v) is 12.6. The van der Waals surface area contributed by atoms with Crippen molar-refractivity contribution in [3.63, 3.8) is 0 Å². The molecule has 43 heavy (non-hydrogen) atoms. The van der Waals surface area contributed by atoms with Crippen LogP contribution in [0.4, 0.5) is 10.2 Å². The lowest BCUT2D eigenvalue weighted by Gasteiger charge is -2.47. The second-order valence-electron chi connectivity index (χ2n) is 13.2. The van der Waals surface area contributed by atoms with Gasteiger partial charge in [0.05, 0.1) is 5.39 Å². The lowest BCUT2D eigenvalue weighted by atomic mass is 9.75. The van der Waals surface area contributed by atoms with Crippen molar-refractivity contribution in [2.45, 2.75) is 83.0 Å². The van der Waals surface area contributed by atoms with E-state index in [9.17, 15) is 0 Å². The molecule has 1 aliphatic rings. The van der Waals surface area contributed by atoms with Crippen molar-refractivity contribution < 1.29 is 4.39 Å². The number of anilines is 1. The van der Waals surface area contributed by atoms with E-state index >= 15 is 4.39 Å². The third-order valence-electron chi connectivity index (χ3n) is 9.91. The van der Waals surface area contributed by atoms with Crippen LogP contribution in [0.15, 0.2) is 42.6 Å². The molecule has 0 atom stereocenters. The van der Waals surface area contributed by atoms with Crippen molar-refractivity contribution >= 4 is 47.2 Å². The van der Waals surface area contributed by atoms with Crippen molar-refractivity contribution in [3.05, 3.63) is 59.3 Å². The van der Waals surface area contributed by atoms with E-state index < -0.39 is 13.9 Å². The molecular formula is C35H43ClFN5Si. The first-order valence-corrected chi connectivity index (χ1v) is 18.0. The number of pyridine rings is 1. The quantitative estimate of drug-likeness (QED) is 0.122. The summed E-state index contributed by atoms with van der Waals surface area (Å²) in [6, 6.07) is 12.0. The fraction of sp³-hybridized carbons (Fsp3) is 0.457. The first-order valence-electron chi connectivity index (χ1n) is 15.4. The number of nitrogens with one attached hydrogen (secondary N) is 1. The van der Waals surface area contributed by atoms with Gasteiger partial charge in [-0.1, -0.05) is 77.8 Å². The number of hydrogen-bond acceptors (Lipinski definition) is 5. The molecule has 2 aromatic heterocycles. The van der Waals surface area contributed by atoms with Gasteiger partial charge in [-0.15, -0.1) is 5.54 Å². The Labute approximate surface area is 261 Å². The third-order valence-corrected chi connectivity index (χ3v) is 16.4. The highest BCUT2D eigenvalue weighted by molar-refractivity contribution is 6.90. The average molecular weight is 616 g/mol. The predicted octanol–water partition coefficient (Wildman–Crippen LogP) is 9.10. The Morgan fingerprint density at radius 2 is 1.65 bits per heavy atom. The molecule has 1 saturated carbocycles. The zero-order valence-electron chi connectivity index (χ0n) is 26.6. The van der Waals surface area contributed by atoms with Crippen molar-refractivity contribution in [3.8, 4) is 22.7 Å². The molecule has 1 N–H and O–H groups in total. The fourth-order valence-electron chi connectivity index (χ4n) is 7.22. The van der Waals surface area contributed by atoms with Crippen LogP contribution in [0.2, 0.25) is 21.9 Å². The van der Waals surface area contributed by atoms with E-state index in [4.69, 9.17) is 11.6 Å². The Morgan fingerprint density at radius 3 is 2.23 bits per heavy atom. The maximum Gasteiger partial charge on any atom is 0.225 e. The summed E-state index contributed by atoms with van der Waals surface area (Å²) in [6.45, 7) is 14.6. The van der Waals surface area contributed by atoms with Crippen LogP contribution >= 0.6 is 11.6 Å². The van der Waals surface area contributed by atoms with Crippen molar-refractivity contribution in [1.29, 1.82) is 0 Å². The van der Waals surface area contributed by atoms with E-state index in [-0.39, 0.29) is 22.0 Å². The van der Waals surface area contributed by atoms with Gasteiger partial charge < -0.3 is 10.2 Å². The van der Waals surface area contributed by atoms with E-state index in [1.54, 1.807) is 6.20 Å². The highest BCUT2D eigenvalue weighted by Crippen LogP contribution is 2.42. The molecule has 0 radical (unpaired) electrons. The highest BCUT2D eigenvalue weighted by Gasteiger charge is 2.42. The van der Waals surface area contributed by atoms with Gasteiger partial charge in [-0.25, -0.2) is 14.4 Å². The molecule has 1 fully saturated rings. The first kappa shape index (κ1) is 31.4. The van der Waals surface area contributed by atoms with Gasteiger partial charge in [0, 0.05) is 34.8 Å². The van der Waals surface area contributed by atoms with Gasteiger partial charge in [-0.3, -0.25) is 4.98 Å². The number of halogens is 2. The topological polar surface area (TPSA) is 53.9 Å². The van der Waals surface area contributed by atoms with Crippen LogP contribution in [0.1, 0.15) is 66.4 Å². The number of hydrogen-bond donors (Lipinski definition) is 1. The van der Waals surface area contributed by atoms with E-state index in [1.165, 1.54) is 6.42 Å². The molecule has 4 aromatic rings. The van der Waals surface area contributed by atoms with Gasteiger partial charge in [0.25, 0.3) is 0 Å². The molecule has 2 aromatic carbocycles. The van der Waals surface area contributed by atoms with Gasteiger partial charge in [-0.2, -0.15) is 0 Å². The highest BCUT2D eigenvalue weighted by atomic mass is 35.5. The Kier molecular flexibility index (Phi) is 8.86. The molecule has 0 unspecified atom stereocenters. The SMILES string of the molecule is CC(C)[Si](C#Cc1cccc2cccc(-c3ncc4c(NCC5(N(C)C)CCC5)nc(Cl)nc4c3F)c12)(C(C)C)C(C)C. The van der Waals surface area contributed by atoms with Crippen molar-refractivity contribution in [1.82, 2.24) is 19.9 Å². The second-order valence-corrected chi connectivity index (χ2v) is 19.1. The monoisotopic (exact) mass is 615 g/mol. The molecule has 0 saturated heterocycles. The summed E-state index contributed by atoms with van der Waals surface area (Å²) in [7, 11) is 2.22. The lowest BCUT2D eigenvalue weighted by molar-refractivity contribution is 0.0738. The van der Waals surface area contributed by atoms with Crippen molar-refractivity contribution in [2.75, 3.05) is 26.0 Å². The number of likely N-dealkylation sites (N-methyl/N-ethyl adjacent to an activating group) is 1. The summed E-state index contributed by atoms with van der Waals surface area (Å²) < 4.78 is 16.5. The molecule has 5 rings (SSSR count). The summed E-state index contributed by atoms with van der Waals surface area (Å²) in [4.78, 5) is 15.7. The van der Waals surface area contributed by atoms with E-state index in [0.29, 0.717) is 39.9 Å². The molecule has 0 bridgehead atoms. The van der Waals surface area contributed by atoms with E-state index in [0.717, 1.165) is 29.2 Å². The third kappa shape index (κ3) is 5.54. The maximum absolute atomic E-state index is 16.5. The number of aromatic nitrogens is 3. The molecule has 0 amide bonds. The summed E-state index contributed by atoms with van der Waals surface area (Å²) in [6.07, 6.45) is 5.05. The molecule has 226 valence electrons. The molecule has 8 heteroatoms. The normalized spacial score (nSPS) is 14.9. The number of benzene rings is 2. The van der Waals surface area contributed by atoms with Crippen LogP contribution < -0.4 is 5.32 Å². The van der Waals surface area contributed by atoms with E-state index in [1.807, 2.05) is 36.4 Å². The van der Waals surface area contributed by atoms with Gasteiger partial charge >= 0.3 is 0 Å². The van der Waals surface area contributed by atoms with Crippen LogP contribution in [0.25, 0.3) is 32.9 Å². The Bertz CT molecular complexity index is 1690. The Morgan fingerprint density at radius 1 is 1.00 bits per heavy atom. The van der Waals surface area contributed by atoms with Gasteiger partial charge in [0.1, 0.15) is 25.1 Å². The predicted molar refractivity (Wildman–Crippen MR) is 182 cm³/mol. The van der Waals surface area contributed by atoms with Gasteiger partial charge in [0.2, 0.25) is 5.28 Å². The number of fused-ring (bicyclic) bond motifs is 2. The van der Waals surface area contributed by atoms with Gasteiger partial charge in [-0.05, 0) is 73.0 Å². The van der Waals surface area contributed by atoms with Crippen LogP contribution in [-0.2, 0) is 0 Å². The summed E-state index contributed by atoms with van der Waals surface area (Å²) >= 11 is 6.36. The Hall–Kier alpha value is -3.05. The number of nitrogens with zero attached hydrogens (tertiary/aromatic N) is 4. The average Bonchev–Trinajstić information content (AvgIpc) is 2.92. The number of rotatable bonds is 8. The van der Waals surface area contributed by atoms with Crippen LogP contribution in [0, 0.1) is 17.3 Å². The van der Waals surface area contributed by atoms with E-state index in [2.05, 4.69) is 92.3 Å². The molecule has 2 heterocycles. The minimum absolute atomic E-state index is 0.000364. The zero-order valence-corrected chi connectivity index (χ0v) is 28.4. The molecule has 0 aliphatic heterocycles. The molecule has 5 nitrogen and oxygen atoms in total. The maximum atomic E-state index is 16.5. The molecule has 0 spiro atoms. The summed E-state index contributed by atoms with van der Waals surface area (Å²) in [5.74, 6) is 3.60. The lowest BCUT2D eigenvalue weighted by Crippen LogP contribution is -2.54. The largest absolute Gasteiger partial charge is 0.367 e. The Balaban J connectivity index is 1.64. The first-order chi connectivity index (χ1) is 20.4. The second kappa shape index (κ2) is 12.1. The van der Waals surface area contributed by atoms with Crippen LogP contribution in [0.3, 0.4) is 0 Å². The van der Waals surface area contributed by atoms with Gasteiger partial charge in [0.15, 0.2) is 5.82 Å². The molecular weight excluding hydrogens is 573 g/mol. The van der Waals surface area contributed by atoms with Crippen molar-refractivity contribution in [2.24, 2.45) is 0 Å². The summed E-state index contributed by atoms with van der Waals surface area (Å²) in [5.41, 5.74) is 7.41. The van der Waals surface area contributed by atoms with Crippen LogP contribution in [0.5, 0.6) is 0 Å². The zero-order chi connectivity index (χ0) is 31.1. The summed E-state index contributed by atoms with van der Waals surface area (Å²) in [5, 5.41) is 5.85. The minimum Gasteiger partial charge on any atom is -0.367 e. The smallest absolute Gasteiger partial charge is 0.225 e. The minimum atomic E-state index is -1.97. The van der Waals surface area contributed by atoms with Crippen LogP contribution in [-0.4, -0.2) is 54.1 Å². The molecule has 1 aliphatic carbocycles.